The number of sulfonamides is 1. The van der Waals surface area contributed by atoms with E-state index in [4.69, 9.17) is 17.3 Å². The van der Waals surface area contributed by atoms with Gasteiger partial charge < -0.3 is 10.8 Å². The molecule has 1 aromatic rings. The van der Waals surface area contributed by atoms with E-state index in [9.17, 15) is 17.9 Å². The lowest BCUT2D eigenvalue weighted by molar-refractivity contribution is 0.109. The molecule has 0 heterocycles. The van der Waals surface area contributed by atoms with E-state index in [1.165, 1.54) is 6.07 Å². The zero-order chi connectivity index (χ0) is 15.6. The second-order valence-corrected chi connectivity index (χ2v) is 7.51. The van der Waals surface area contributed by atoms with E-state index in [1.807, 2.05) is 0 Å². The fourth-order valence-electron chi connectivity index (χ4n) is 2.43. The number of aliphatic hydroxyl groups excluding tert-OH is 1. The summed E-state index contributed by atoms with van der Waals surface area (Å²) in [5.74, 6) is -0.853. The first-order chi connectivity index (χ1) is 9.79. The van der Waals surface area contributed by atoms with Crippen LogP contribution in [0, 0.1) is 11.7 Å². The largest absolute Gasteiger partial charge is 0.396 e. The van der Waals surface area contributed by atoms with E-state index in [2.05, 4.69) is 4.72 Å². The van der Waals surface area contributed by atoms with Crippen LogP contribution < -0.4 is 10.5 Å². The summed E-state index contributed by atoms with van der Waals surface area (Å²) in [7, 11) is -4.00. The topological polar surface area (TPSA) is 92.4 Å². The molecule has 118 valence electrons. The van der Waals surface area contributed by atoms with Crippen LogP contribution in [-0.2, 0) is 10.0 Å². The Morgan fingerprint density at radius 2 is 1.95 bits per heavy atom. The van der Waals surface area contributed by atoms with E-state index < -0.39 is 20.7 Å². The predicted molar refractivity (Wildman–Crippen MR) is 79.0 cm³/mol. The number of nitrogens with two attached hydrogens (primary N) is 1. The van der Waals surface area contributed by atoms with E-state index in [1.54, 1.807) is 0 Å². The van der Waals surface area contributed by atoms with Gasteiger partial charge in [-0.3, -0.25) is 0 Å². The normalized spacial score (nSPS) is 23.2. The SMILES string of the molecule is Nc1cc(Cl)cc(S(=O)(=O)NCC2CCC(O)CC2)c1F. The van der Waals surface area contributed by atoms with Gasteiger partial charge in [-0.1, -0.05) is 11.6 Å². The molecule has 0 saturated heterocycles. The summed E-state index contributed by atoms with van der Waals surface area (Å²) >= 11 is 5.73. The molecule has 0 atom stereocenters. The third-order valence-corrected chi connectivity index (χ3v) is 5.34. The predicted octanol–water partition coefficient (Wildman–Crippen LogP) is 1.89. The molecule has 0 amide bonds. The van der Waals surface area contributed by atoms with Crippen molar-refractivity contribution in [2.24, 2.45) is 5.92 Å². The maximum Gasteiger partial charge on any atom is 0.243 e. The van der Waals surface area contributed by atoms with Crippen molar-refractivity contribution in [3.63, 3.8) is 0 Å². The Labute approximate surface area is 128 Å². The van der Waals surface area contributed by atoms with Gasteiger partial charge in [0.05, 0.1) is 11.8 Å². The first kappa shape index (κ1) is 16.5. The quantitative estimate of drug-likeness (QED) is 0.732. The van der Waals surface area contributed by atoms with Crippen molar-refractivity contribution in [1.29, 1.82) is 0 Å². The van der Waals surface area contributed by atoms with Crippen LogP contribution in [0.5, 0.6) is 0 Å². The third-order valence-electron chi connectivity index (χ3n) is 3.70. The fraction of sp³-hybridized carbons (Fsp3) is 0.538. The van der Waals surface area contributed by atoms with E-state index in [0.717, 1.165) is 18.9 Å². The van der Waals surface area contributed by atoms with E-state index in [0.29, 0.717) is 12.8 Å². The first-order valence-corrected chi connectivity index (χ1v) is 8.58. The molecule has 0 spiro atoms. The molecular weight excluding hydrogens is 319 g/mol. The highest BCUT2D eigenvalue weighted by Crippen LogP contribution is 2.27. The molecule has 0 radical (unpaired) electrons. The van der Waals surface area contributed by atoms with Crippen LogP contribution in [0.15, 0.2) is 17.0 Å². The van der Waals surface area contributed by atoms with Gasteiger partial charge in [0.25, 0.3) is 0 Å². The molecule has 1 fully saturated rings. The molecule has 2 rings (SSSR count). The summed E-state index contributed by atoms with van der Waals surface area (Å²) in [6.07, 6.45) is 2.49. The number of rotatable bonds is 4. The molecule has 4 N–H and O–H groups in total. The number of aliphatic hydroxyl groups is 1. The van der Waals surface area contributed by atoms with Gasteiger partial charge in [0.1, 0.15) is 4.90 Å². The summed E-state index contributed by atoms with van der Waals surface area (Å²) in [5.41, 5.74) is 5.09. The molecule has 0 aromatic heterocycles. The highest BCUT2D eigenvalue weighted by atomic mass is 35.5. The van der Waals surface area contributed by atoms with Crippen molar-refractivity contribution in [2.45, 2.75) is 36.7 Å². The Morgan fingerprint density at radius 3 is 2.57 bits per heavy atom. The standard InChI is InChI=1S/C13H18ClFN2O3S/c14-9-5-11(16)13(15)12(6-9)21(19,20)17-7-8-1-3-10(18)4-2-8/h5-6,8,10,17-18H,1-4,7,16H2. The minimum Gasteiger partial charge on any atom is -0.396 e. The number of anilines is 1. The molecule has 5 nitrogen and oxygen atoms in total. The molecule has 0 bridgehead atoms. The van der Waals surface area contributed by atoms with Crippen LogP contribution in [-0.4, -0.2) is 26.2 Å². The first-order valence-electron chi connectivity index (χ1n) is 6.72. The Balaban J connectivity index is 2.09. The number of hydrogen-bond donors (Lipinski definition) is 3. The Bertz CT molecular complexity index is 616. The average Bonchev–Trinajstić information content (AvgIpc) is 2.42. The van der Waals surface area contributed by atoms with Crippen LogP contribution in [0.4, 0.5) is 10.1 Å². The lowest BCUT2D eigenvalue weighted by Gasteiger charge is -2.25. The number of nitrogen functional groups attached to an aromatic ring is 1. The van der Waals surface area contributed by atoms with E-state index in [-0.39, 0.29) is 29.3 Å². The second kappa shape index (κ2) is 6.48. The molecule has 21 heavy (non-hydrogen) atoms. The molecule has 0 aliphatic heterocycles. The van der Waals surface area contributed by atoms with Crippen LogP contribution >= 0.6 is 11.6 Å². The van der Waals surface area contributed by atoms with Crippen molar-refractivity contribution < 1.29 is 17.9 Å². The zero-order valence-electron chi connectivity index (χ0n) is 11.4. The highest BCUT2D eigenvalue weighted by molar-refractivity contribution is 7.89. The molecular formula is C13H18ClFN2O3S. The highest BCUT2D eigenvalue weighted by Gasteiger charge is 2.25. The van der Waals surface area contributed by atoms with Crippen molar-refractivity contribution in [3.05, 3.63) is 23.0 Å². The summed E-state index contributed by atoms with van der Waals surface area (Å²) in [6, 6.07) is 2.21. The maximum absolute atomic E-state index is 13.9. The van der Waals surface area contributed by atoms with Crippen LogP contribution in [0.3, 0.4) is 0 Å². The minimum absolute atomic E-state index is 0.0649. The summed E-state index contributed by atoms with van der Waals surface area (Å²) in [6.45, 7) is 0.209. The minimum atomic E-state index is -4.00. The van der Waals surface area contributed by atoms with Gasteiger partial charge in [-0.15, -0.1) is 0 Å². The van der Waals surface area contributed by atoms with Crippen LogP contribution in [0.2, 0.25) is 5.02 Å². The van der Waals surface area contributed by atoms with Crippen LogP contribution in [0.1, 0.15) is 25.7 Å². The molecule has 1 aromatic carbocycles. The molecule has 0 unspecified atom stereocenters. The summed E-state index contributed by atoms with van der Waals surface area (Å²) < 4.78 is 40.5. The van der Waals surface area contributed by atoms with Gasteiger partial charge in [0.15, 0.2) is 5.82 Å². The third kappa shape index (κ3) is 4.06. The van der Waals surface area contributed by atoms with Gasteiger partial charge in [0.2, 0.25) is 10.0 Å². The van der Waals surface area contributed by atoms with Gasteiger partial charge in [-0.2, -0.15) is 0 Å². The number of hydrogen-bond acceptors (Lipinski definition) is 4. The number of halogens is 2. The van der Waals surface area contributed by atoms with Gasteiger partial charge >= 0.3 is 0 Å². The van der Waals surface area contributed by atoms with Crippen molar-refractivity contribution in [3.8, 4) is 0 Å². The Kier molecular flexibility index (Phi) is 5.08. The molecule has 1 saturated carbocycles. The summed E-state index contributed by atoms with van der Waals surface area (Å²) in [4.78, 5) is -0.539. The average molecular weight is 337 g/mol. The monoisotopic (exact) mass is 336 g/mol. The van der Waals surface area contributed by atoms with Gasteiger partial charge in [-0.05, 0) is 43.7 Å². The fourth-order valence-corrected chi connectivity index (χ4v) is 3.97. The number of nitrogens with one attached hydrogen (secondary N) is 1. The Morgan fingerprint density at radius 1 is 1.33 bits per heavy atom. The molecule has 1 aliphatic carbocycles. The molecule has 8 heteroatoms. The Hall–Kier alpha value is -0.890. The van der Waals surface area contributed by atoms with Crippen molar-refractivity contribution in [2.75, 3.05) is 12.3 Å². The van der Waals surface area contributed by atoms with Gasteiger partial charge in [-0.25, -0.2) is 17.5 Å². The zero-order valence-corrected chi connectivity index (χ0v) is 12.9. The second-order valence-electron chi connectivity index (χ2n) is 5.33. The van der Waals surface area contributed by atoms with E-state index >= 15 is 0 Å². The smallest absolute Gasteiger partial charge is 0.243 e. The van der Waals surface area contributed by atoms with Gasteiger partial charge in [0, 0.05) is 11.6 Å². The van der Waals surface area contributed by atoms with Crippen LogP contribution in [0.25, 0.3) is 0 Å². The maximum atomic E-state index is 13.9. The lowest BCUT2D eigenvalue weighted by Crippen LogP contribution is -2.32. The number of benzene rings is 1. The van der Waals surface area contributed by atoms with Crippen molar-refractivity contribution >= 4 is 27.3 Å². The summed E-state index contributed by atoms with van der Waals surface area (Å²) in [5, 5.41) is 9.48. The molecule has 1 aliphatic rings. The lowest BCUT2D eigenvalue weighted by atomic mass is 9.88. The van der Waals surface area contributed by atoms with Crippen molar-refractivity contribution in [1.82, 2.24) is 4.72 Å².